The summed E-state index contributed by atoms with van der Waals surface area (Å²) in [5.41, 5.74) is 4.09. The van der Waals surface area contributed by atoms with Crippen LogP contribution in [0.1, 0.15) is 29.7 Å². The second kappa shape index (κ2) is 3.72. The van der Waals surface area contributed by atoms with Crippen molar-refractivity contribution < 1.29 is 0 Å². The second-order valence-corrected chi connectivity index (χ2v) is 3.35. The maximum Gasteiger partial charge on any atom is 0.0289 e. The third-order valence-electron chi connectivity index (χ3n) is 2.46. The van der Waals surface area contributed by atoms with Crippen molar-refractivity contribution in [3.63, 3.8) is 0 Å². The van der Waals surface area contributed by atoms with E-state index in [-0.39, 0.29) is 0 Å². The van der Waals surface area contributed by atoms with E-state index in [0.29, 0.717) is 6.04 Å². The summed E-state index contributed by atoms with van der Waals surface area (Å²) in [6.07, 6.45) is 0. The molecule has 0 aliphatic carbocycles. The van der Waals surface area contributed by atoms with E-state index >= 15 is 0 Å². The second-order valence-electron chi connectivity index (χ2n) is 3.35. The smallest absolute Gasteiger partial charge is 0.0289 e. The van der Waals surface area contributed by atoms with Crippen LogP contribution in [0, 0.1) is 13.8 Å². The summed E-state index contributed by atoms with van der Waals surface area (Å²) in [5.74, 6) is 0. The number of hydrogen-bond acceptors (Lipinski definition) is 1. The van der Waals surface area contributed by atoms with Crippen molar-refractivity contribution in [2.45, 2.75) is 26.8 Å². The maximum atomic E-state index is 3.23. The van der Waals surface area contributed by atoms with Gasteiger partial charge in [0.2, 0.25) is 0 Å². The van der Waals surface area contributed by atoms with Gasteiger partial charge < -0.3 is 5.32 Å². The van der Waals surface area contributed by atoms with E-state index in [4.69, 9.17) is 0 Å². The summed E-state index contributed by atoms with van der Waals surface area (Å²) >= 11 is 0. The summed E-state index contributed by atoms with van der Waals surface area (Å²) in [5, 5.41) is 3.23. The van der Waals surface area contributed by atoms with Gasteiger partial charge in [0.05, 0.1) is 0 Å². The molecule has 0 fully saturated rings. The van der Waals surface area contributed by atoms with Crippen molar-refractivity contribution in [1.82, 2.24) is 5.32 Å². The molecule has 0 amide bonds. The lowest BCUT2D eigenvalue weighted by Gasteiger charge is -2.11. The van der Waals surface area contributed by atoms with Crippen molar-refractivity contribution in [1.29, 1.82) is 0 Å². The highest BCUT2D eigenvalue weighted by molar-refractivity contribution is 5.31. The van der Waals surface area contributed by atoms with Crippen molar-refractivity contribution in [2.75, 3.05) is 7.05 Å². The summed E-state index contributed by atoms with van der Waals surface area (Å²) in [6, 6.07) is 7.06. The molecule has 1 N–H and O–H groups in total. The molecule has 0 unspecified atom stereocenters. The molecule has 0 saturated carbocycles. The van der Waals surface area contributed by atoms with Crippen molar-refractivity contribution in [2.24, 2.45) is 0 Å². The number of aryl methyl sites for hydroxylation is 2. The average molecular weight is 163 g/mol. The summed E-state index contributed by atoms with van der Waals surface area (Å²) in [4.78, 5) is 0. The van der Waals surface area contributed by atoms with Gasteiger partial charge in [0, 0.05) is 6.04 Å². The van der Waals surface area contributed by atoms with Gasteiger partial charge in [0.15, 0.2) is 0 Å². The molecule has 1 aromatic carbocycles. The zero-order valence-electron chi connectivity index (χ0n) is 8.31. The first-order chi connectivity index (χ1) is 5.65. The van der Waals surface area contributed by atoms with Crippen LogP contribution in [0.25, 0.3) is 0 Å². The highest BCUT2D eigenvalue weighted by Gasteiger charge is 2.02. The molecule has 66 valence electrons. The highest BCUT2D eigenvalue weighted by Crippen LogP contribution is 2.15. The normalized spacial score (nSPS) is 13.0. The Labute approximate surface area is 74.8 Å². The van der Waals surface area contributed by atoms with E-state index in [1.54, 1.807) is 0 Å². The molecule has 0 bridgehead atoms. The highest BCUT2D eigenvalue weighted by atomic mass is 14.8. The molecule has 1 atom stereocenters. The predicted octanol–water partition coefficient (Wildman–Crippen LogP) is 2.58. The molecule has 0 aromatic heterocycles. The van der Waals surface area contributed by atoms with Crippen LogP contribution in [0.5, 0.6) is 0 Å². The van der Waals surface area contributed by atoms with Crippen LogP contribution >= 0.6 is 0 Å². The molecule has 0 heterocycles. The third kappa shape index (κ3) is 1.86. The van der Waals surface area contributed by atoms with E-state index in [1.807, 2.05) is 7.05 Å². The molecule has 0 aliphatic rings. The van der Waals surface area contributed by atoms with Gasteiger partial charge in [-0.3, -0.25) is 0 Å². The fourth-order valence-corrected chi connectivity index (χ4v) is 1.20. The van der Waals surface area contributed by atoms with Gasteiger partial charge in [-0.1, -0.05) is 18.2 Å². The minimum Gasteiger partial charge on any atom is -0.313 e. The standard InChI is InChI=1S/C11H17N/c1-8-5-6-11(7-9(8)2)10(3)12-4/h5-7,10,12H,1-4H3/t10-/m0/s1. The summed E-state index contributed by atoms with van der Waals surface area (Å²) in [7, 11) is 1.99. The first-order valence-corrected chi connectivity index (χ1v) is 4.39. The van der Waals surface area contributed by atoms with Crippen LogP contribution in [-0.2, 0) is 0 Å². The van der Waals surface area contributed by atoms with E-state index in [2.05, 4.69) is 44.3 Å². The van der Waals surface area contributed by atoms with Gasteiger partial charge in [0.25, 0.3) is 0 Å². The molecular weight excluding hydrogens is 146 g/mol. The molecule has 1 nitrogen and oxygen atoms in total. The Morgan fingerprint density at radius 3 is 2.33 bits per heavy atom. The fourth-order valence-electron chi connectivity index (χ4n) is 1.20. The fraction of sp³-hybridized carbons (Fsp3) is 0.455. The first kappa shape index (κ1) is 9.27. The largest absolute Gasteiger partial charge is 0.313 e. The lowest BCUT2D eigenvalue weighted by molar-refractivity contribution is 0.651. The van der Waals surface area contributed by atoms with Crippen LogP contribution in [-0.4, -0.2) is 7.05 Å². The zero-order valence-corrected chi connectivity index (χ0v) is 8.31. The quantitative estimate of drug-likeness (QED) is 0.706. The topological polar surface area (TPSA) is 12.0 Å². The van der Waals surface area contributed by atoms with Crippen molar-refractivity contribution >= 4 is 0 Å². The van der Waals surface area contributed by atoms with Crippen LogP contribution < -0.4 is 5.32 Å². The summed E-state index contributed by atoms with van der Waals surface area (Å²) in [6.45, 7) is 6.47. The molecular formula is C11H17N. The lowest BCUT2D eigenvalue weighted by atomic mass is 10.0. The Hall–Kier alpha value is -0.820. The van der Waals surface area contributed by atoms with Crippen LogP contribution in [0.15, 0.2) is 18.2 Å². The SMILES string of the molecule is CN[C@@H](C)c1ccc(C)c(C)c1. The Morgan fingerprint density at radius 1 is 1.17 bits per heavy atom. The molecule has 0 spiro atoms. The zero-order chi connectivity index (χ0) is 9.14. The first-order valence-electron chi connectivity index (χ1n) is 4.39. The van der Waals surface area contributed by atoms with Crippen LogP contribution in [0.4, 0.5) is 0 Å². The Balaban J connectivity index is 2.96. The Bertz CT molecular complexity index is 266. The van der Waals surface area contributed by atoms with E-state index < -0.39 is 0 Å². The average Bonchev–Trinajstić information content (AvgIpc) is 2.08. The maximum absolute atomic E-state index is 3.23. The molecule has 1 aromatic rings. The molecule has 12 heavy (non-hydrogen) atoms. The minimum atomic E-state index is 0.448. The van der Waals surface area contributed by atoms with Crippen molar-refractivity contribution in [3.05, 3.63) is 34.9 Å². The molecule has 1 heteroatoms. The molecule has 0 saturated heterocycles. The number of nitrogens with one attached hydrogen (secondary N) is 1. The predicted molar refractivity (Wildman–Crippen MR) is 53.4 cm³/mol. The van der Waals surface area contributed by atoms with Gasteiger partial charge >= 0.3 is 0 Å². The lowest BCUT2D eigenvalue weighted by Crippen LogP contribution is -2.12. The number of rotatable bonds is 2. The molecule has 1 rings (SSSR count). The molecule has 0 aliphatic heterocycles. The Kier molecular flexibility index (Phi) is 2.88. The van der Waals surface area contributed by atoms with Gasteiger partial charge in [-0.2, -0.15) is 0 Å². The monoisotopic (exact) mass is 163 g/mol. The van der Waals surface area contributed by atoms with E-state index in [9.17, 15) is 0 Å². The molecule has 0 radical (unpaired) electrons. The number of benzene rings is 1. The van der Waals surface area contributed by atoms with E-state index in [0.717, 1.165) is 0 Å². The van der Waals surface area contributed by atoms with Gasteiger partial charge in [-0.05, 0) is 44.5 Å². The van der Waals surface area contributed by atoms with Gasteiger partial charge in [0.1, 0.15) is 0 Å². The third-order valence-corrected chi connectivity index (χ3v) is 2.46. The van der Waals surface area contributed by atoms with Crippen LogP contribution in [0.3, 0.4) is 0 Å². The van der Waals surface area contributed by atoms with Crippen molar-refractivity contribution in [3.8, 4) is 0 Å². The minimum absolute atomic E-state index is 0.448. The number of hydrogen-bond donors (Lipinski definition) is 1. The van der Waals surface area contributed by atoms with Gasteiger partial charge in [-0.15, -0.1) is 0 Å². The Morgan fingerprint density at radius 2 is 1.83 bits per heavy atom. The summed E-state index contributed by atoms with van der Waals surface area (Å²) < 4.78 is 0. The van der Waals surface area contributed by atoms with Gasteiger partial charge in [-0.25, -0.2) is 0 Å². The van der Waals surface area contributed by atoms with E-state index in [1.165, 1.54) is 16.7 Å². The van der Waals surface area contributed by atoms with Crippen LogP contribution in [0.2, 0.25) is 0 Å².